The molecule has 0 unspecified atom stereocenters. The molecule has 2 aromatic rings. The summed E-state index contributed by atoms with van der Waals surface area (Å²) in [6.07, 6.45) is 0.320. The van der Waals surface area contributed by atoms with Gasteiger partial charge in [-0.2, -0.15) is 0 Å². The Labute approximate surface area is 155 Å². The van der Waals surface area contributed by atoms with Gasteiger partial charge < -0.3 is 15.0 Å². The van der Waals surface area contributed by atoms with Crippen molar-refractivity contribution in [1.29, 1.82) is 0 Å². The smallest absolute Gasteiger partial charge is 0.251 e. The predicted octanol–water partition coefficient (Wildman–Crippen LogP) is 3.09. The van der Waals surface area contributed by atoms with Gasteiger partial charge in [-0.15, -0.1) is 0 Å². The van der Waals surface area contributed by atoms with E-state index in [1.807, 2.05) is 44.2 Å². The predicted molar refractivity (Wildman–Crippen MR) is 102 cm³/mol. The van der Waals surface area contributed by atoms with E-state index in [0.717, 1.165) is 22.4 Å². The third-order valence-corrected chi connectivity index (χ3v) is 4.21. The molecular formula is C21H26N2O3. The van der Waals surface area contributed by atoms with E-state index in [9.17, 15) is 9.59 Å². The standard InChI is InChI=1S/C21H26N2O3/c1-15-5-6-16(2)19(13-15)26-12-11-20(24)23(4)14-17-7-9-18(10-8-17)21(25)22-3/h5-10,13H,11-12,14H2,1-4H3,(H,22,25). The molecular weight excluding hydrogens is 328 g/mol. The van der Waals surface area contributed by atoms with Crippen LogP contribution < -0.4 is 10.1 Å². The Morgan fingerprint density at radius 2 is 1.77 bits per heavy atom. The molecule has 2 aromatic carbocycles. The van der Waals surface area contributed by atoms with E-state index in [1.54, 1.807) is 31.1 Å². The lowest BCUT2D eigenvalue weighted by atomic mass is 10.1. The van der Waals surface area contributed by atoms with Gasteiger partial charge in [0, 0.05) is 26.2 Å². The van der Waals surface area contributed by atoms with E-state index in [4.69, 9.17) is 4.74 Å². The van der Waals surface area contributed by atoms with Gasteiger partial charge in [0.1, 0.15) is 5.75 Å². The van der Waals surface area contributed by atoms with Gasteiger partial charge in [-0.25, -0.2) is 0 Å². The number of hydrogen-bond acceptors (Lipinski definition) is 3. The molecule has 26 heavy (non-hydrogen) atoms. The number of nitrogens with one attached hydrogen (secondary N) is 1. The Bertz CT molecular complexity index is 769. The van der Waals surface area contributed by atoms with Crippen LogP contribution in [0.3, 0.4) is 0 Å². The largest absolute Gasteiger partial charge is 0.493 e. The van der Waals surface area contributed by atoms with Crippen molar-refractivity contribution in [2.24, 2.45) is 0 Å². The molecule has 0 radical (unpaired) electrons. The molecule has 0 aliphatic rings. The van der Waals surface area contributed by atoms with Crippen molar-refractivity contribution in [1.82, 2.24) is 10.2 Å². The molecule has 0 spiro atoms. The Morgan fingerprint density at radius 1 is 1.08 bits per heavy atom. The highest BCUT2D eigenvalue weighted by molar-refractivity contribution is 5.93. The number of benzene rings is 2. The molecule has 0 heterocycles. The number of amides is 2. The van der Waals surface area contributed by atoms with Gasteiger partial charge in [0.2, 0.25) is 5.91 Å². The zero-order chi connectivity index (χ0) is 19.1. The maximum Gasteiger partial charge on any atom is 0.251 e. The molecule has 0 aliphatic heterocycles. The first-order chi connectivity index (χ1) is 12.4. The summed E-state index contributed by atoms with van der Waals surface area (Å²) >= 11 is 0. The highest BCUT2D eigenvalue weighted by atomic mass is 16.5. The maximum atomic E-state index is 12.3. The average molecular weight is 354 g/mol. The highest BCUT2D eigenvalue weighted by Gasteiger charge is 2.11. The number of aryl methyl sites for hydroxylation is 2. The van der Waals surface area contributed by atoms with Crippen molar-refractivity contribution in [3.8, 4) is 5.75 Å². The number of carbonyl (C=O) groups excluding carboxylic acids is 2. The van der Waals surface area contributed by atoms with Crippen LogP contribution in [0.4, 0.5) is 0 Å². The Morgan fingerprint density at radius 3 is 2.42 bits per heavy atom. The molecule has 0 bridgehead atoms. The summed E-state index contributed by atoms with van der Waals surface area (Å²) in [5.74, 6) is 0.723. The van der Waals surface area contributed by atoms with Gasteiger partial charge in [0.05, 0.1) is 13.0 Å². The summed E-state index contributed by atoms with van der Waals surface area (Å²) < 4.78 is 5.75. The molecule has 1 N–H and O–H groups in total. The fraction of sp³-hybridized carbons (Fsp3) is 0.333. The molecule has 0 fully saturated rings. The van der Waals surface area contributed by atoms with Crippen molar-refractivity contribution < 1.29 is 14.3 Å². The fourth-order valence-electron chi connectivity index (χ4n) is 2.57. The summed E-state index contributed by atoms with van der Waals surface area (Å²) in [6.45, 7) is 4.85. The molecule has 5 heteroatoms. The molecule has 0 saturated heterocycles. The average Bonchev–Trinajstić information content (AvgIpc) is 2.64. The number of carbonyl (C=O) groups is 2. The van der Waals surface area contributed by atoms with Crippen LogP contribution in [0.15, 0.2) is 42.5 Å². The Hall–Kier alpha value is -2.82. The molecule has 138 valence electrons. The van der Waals surface area contributed by atoms with E-state index in [-0.39, 0.29) is 11.8 Å². The first kappa shape index (κ1) is 19.5. The second-order valence-electron chi connectivity index (χ2n) is 6.39. The summed E-state index contributed by atoms with van der Waals surface area (Å²) in [6, 6.07) is 13.3. The van der Waals surface area contributed by atoms with Gasteiger partial charge >= 0.3 is 0 Å². The Balaban J connectivity index is 1.83. The second kappa shape index (κ2) is 9.04. The van der Waals surface area contributed by atoms with Crippen LogP contribution in [-0.4, -0.2) is 37.4 Å². The minimum absolute atomic E-state index is 0.0192. The molecule has 5 nitrogen and oxygen atoms in total. The van der Waals surface area contributed by atoms with E-state index < -0.39 is 0 Å². The van der Waals surface area contributed by atoms with E-state index in [0.29, 0.717) is 25.1 Å². The Kier molecular flexibility index (Phi) is 6.78. The van der Waals surface area contributed by atoms with Crippen LogP contribution in [0.1, 0.15) is 33.5 Å². The third kappa shape index (κ3) is 5.34. The van der Waals surface area contributed by atoms with Crippen LogP contribution in [-0.2, 0) is 11.3 Å². The molecule has 0 saturated carbocycles. The van der Waals surface area contributed by atoms with Crippen molar-refractivity contribution in [3.63, 3.8) is 0 Å². The van der Waals surface area contributed by atoms with Gasteiger partial charge in [0.15, 0.2) is 0 Å². The minimum Gasteiger partial charge on any atom is -0.493 e. The lowest BCUT2D eigenvalue weighted by Gasteiger charge is -2.18. The van der Waals surface area contributed by atoms with Crippen LogP contribution in [0.5, 0.6) is 5.75 Å². The lowest BCUT2D eigenvalue weighted by Crippen LogP contribution is -2.27. The number of rotatable bonds is 7. The number of hydrogen-bond donors (Lipinski definition) is 1. The highest BCUT2D eigenvalue weighted by Crippen LogP contribution is 2.19. The van der Waals surface area contributed by atoms with E-state index in [2.05, 4.69) is 5.32 Å². The molecule has 0 aliphatic carbocycles. The third-order valence-electron chi connectivity index (χ3n) is 4.21. The first-order valence-corrected chi connectivity index (χ1v) is 8.65. The molecule has 0 aromatic heterocycles. The van der Waals surface area contributed by atoms with Crippen LogP contribution in [0, 0.1) is 13.8 Å². The van der Waals surface area contributed by atoms with Gasteiger partial charge in [-0.1, -0.05) is 24.3 Å². The van der Waals surface area contributed by atoms with Gasteiger partial charge in [0.25, 0.3) is 5.91 Å². The first-order valence-electron chi connectivity index (χ1n) is 8.65. The zero-order valence-electron chi connectivity index (χ0n) is 15.8. The fourth-order valence-corrected chi connectivity index (χ4v) is 2.57. The van der Waals surface area contributed by atoms with Crippen LogP contribution in [0.25, 0.3) is 0 Å². The number of ether oxygens (including phenoxy) is 1. The zero-order valence-corrected chi connectivity index (χ0v) is 15.8. The molecule has 2 rings (SSSR count). The van der Waals surface area contributed by atoms with Crippen LogP contribution >= 0.6 is 0 Å². The minimum atomic E-state index is -0.121. The normalized spacial score (nSPS) is 10.3. The van der Waals surface area contributed by atoms with E-state index in [1.165, 1.54) is 0 Å². The van der Waals surface area contributed by atoms with E-state index >= 15 is 0 Å². The molecule has 0 atom stereocenters. The summed E-state index contributed by atoms with van der Waals surface area (Å²) in [5, 5.41) is 2.59. The maximum absolute atomic E-state index is 12.3. The van der Waals surface area contributed by atoms with Crippen molar-refractivity contribution in [2.45, 2.75) is 26.8 Å². The summed E-state index contributed by atoms with van der Waals surface area (Å²) in [4.78, 5) is 25.5. The van der Waals surface area contributed by atoms with Gasteiger partial charge in [-0.3, -0.25) is 9.59 Å². The quantitative estimate of drug-likeness (QED) is 0.831. The second-order valence-corrected chi connectivity index (χ2v) is 6.39. The summed E-state index contributed by atoms with van der Waals surface area (Å²) in [5.41, 5.74) is 3.78. The SMILES string of the molecule is CNC(=O)c1ccc(CN(C)C(=O)CCOc2cc(C)ccc2C)cc1. The lowest BCUT2D eigenvalue weighted by molar-refractivity contribution is -0.130. The summed E-state index contributed by atoms with van der Waals surface area (Å²) in [7, 11) is 3.37. The van der Waals surface area contributed by atoms with Crippen molar-refractivity contribution >= 4 is 11.8 Å². The monoisotopic (exact) mass is 354 g/mol. The van der Waals surface area contributed by atoms with Crippen LogP contribution in [0.2, 0.25) is 0 Å². The molecule has 2 amide bonds. The number of nitrogens with zero attached hydrogens (tertiary/aromatic N) is 1. The van der Waals surface area contributed by atoms with Gasteiger partial charge in [-0.05, 0) is 48.7 Å². The van der Waals surface area contributed by atoms with Crippen molar-refractivity contribution in [3.05, 3.63) is 64.7 Å². The van der Waals surface area contributed by atoms with Crippen molar-refractivity contribution in [2.75, 3.05) is 20.7 Å². The topological polar surface area (TPSA) is 58.6 Å².